The molecule has 5 nitrogen and oxygen atoms in total. The third kappa shape index (κ3) is 3.60. The zero-order valence-electron chi connectivity index (χ0n) is 14.5. The number of nitrogens with one attached hydrogen (secondary N) is 1. The van der Waals surface area contributed by atoms with E-state index in [2.05, 4.69) is 15.6 Å². The van der Waals surface area contributed by atoms with E-state index >= 15 is 0 Å². The molecule has 148 valence electrons. The third-order valence-corrected chi connectivity index (χ3v) is 6.63. The number of aryl methyl sites for hydroxylation is 1. The largest absolute Gasteiger partial charge is 0.534 e. The first-order valence-electron chi connectivity index (χ1n) is 8.84. The molecule has 3 aliphatic rings. The summed E-state index contributed by atoms with van der Waals surface area (Å²) in [5.41, 5.74) is -2.45. The van der Waals surface area contributed by atoms with Gasteiger partial charge in [-0.1, -0.05) is 18.2 Å². The summed E-state index contributed by atoms with van der Waals surface area (Å²) in [6.07, 6.45) is 5.07. The summed E-state index contributed by atoms with van der Waals surface area (Å²) >= 11 is 0. The number of hydrogen-bond acceptors (Lipinski definition) is 5. The lowest BCUT2D eigenvalue weighted by Crippen LogP contribution is -2.39. The molecule has 0 unspecified atom stereocenters. The summed E-state index contributed by atoms with van der Waals surface area (Å²) in [6.45, 7) is 1.32. The van der Waals surface area contributed by atoms with Crippen LogP contribution in [0.5, 0.6) is 0 Å². The molecule has 1 aliphatic heterocycles. The van der Waals surface area contributed by atoms with Crippen molar-refractivity contribution in [2.24, 2.45) is 0 Å². The fourth-order valence-electron chi connectivity index (χ4n) is 4.20. The minimum atomic E-state index is -5.62. The maximum absolute atomic E-state index is 12.5. The Hall–Kier alpha value is -1.58. The molecule has 0 bridgehead atoms. The SMILES string of the molecule is O=S(=O)(OC1=Cc2ccc([C@H]3CC[C@]4(COCN4)C3)cc2CC1)C(F)(F)F. The number of alkyl halides is 3. The molecule has 2 fully saturated rings. The van der Waals surface area contributed by atoms with Crippen LogP contribution in [-0.4, -0.2) is 32.8 Å². The monoisotopic (exact) mass is 403 g/mol. The van der Waals surface area contributed by atoms with Crippen molar-refractivity contribution in [3.8, 4) is 0 Å². The van der Waals surface area contributed by atoms with Crippen LogP contribution in [0.4, 0.5) is 13.2 Å². The van der Waals surface area contributed by atoms with Gasteiger partial charge in [-0.15, -0.1) is 0 Å². The number of halogens is 3. The van der Waals surface area contributed by atoms with Gasteiger partial charge in [0.05, 0.1) is 13.3 Å². The van der Waals surface area contributed by atoms with Crippen molar-refractivity contribution in [3.63, 3.8) is 0 Å². The van der Waals surface area contributed by atoms with E-state index in [0.29, 0.717) is 24.6 Å². The van der Waals surface area contributed by atoms with E-state index in [1.165, 1.54) is 11.6 Å². The molecule has 9 heteroatoms. The first-order valence-corrected chi connectivity index (χ1v) is 10.3. The van der Waals surface area contributed by atoms with Gasteiger partial charge >= 0.3 is 15.6 Å². The van der Waals surface area contributed by atoms with Crippen LogP contribution >= 0.6 is 0 Å². The summed E-state index contributed by atoms with van der Waals surface area (Å²) in [6, 6.07) is 5.88. The van der Waals surface area contributed by atoms with Crippen LogP contribution in [0.2, 0.25) is 0 Å². The molecule has 2 atom stereocenters. The standard InChI is InChI=1S/C18H20F3NO4S/c19-18(20,21)27(23,24)26-16-4-3-12-7-13(1-2-14(12)8-16)15-5-6-17(9-15)10-25-11-22-17/h1-2,7-8,15,22H,3-6,9-11H2/t15-,17+/m0/s1. The van der Waals surface area contributed by atoms with E-state index < -0.39 is 15.6 Å². The molecule has 0 aromatic heterocycles. The number of benzene rings is 1. The van der Waals surface area contributed by atoms with Gasteiger partial charge in [0.1, 0.15) is 5.76 Å². The van der Waals surface area contributed by atoms with Crippen molar-refractivity contribution in [1.29, 1.82) is 0 Å². The van der Waals surface area contributed by atoms with Crippen LogP contribution in [0.1, 0.15) is 48.3 Å². The van der Waals surface area contributed by atoms with Gasteiger partial charge in [-0.3, -0.25) is 5.32 Å². The van der Waals surface area contributed by atoms with Crippen LogP contribution in [0.25, 0.3) is 6.08 Å². The summed E-state index contributed by atoms with van der Waals surface area (Å²) in [5.74, 6) is 0.233. The summed E-state index contributed by atoms with van der Waals surface area (Å²) in [4.78, 5) is 0. The molecule has 4 rings (SSSR count). The lowest BCUT2D eigenvalue weighted by molar-refractivity contribution is -0.0522. The Balaban J connectivity index is 1.51. The maximum Gasteiger partial charge on any atom is 0.534 e. The first kappa shape index (κ1) is 18.8. The van der Waals surface area contributed by atoms with Crippen molar-refractivity contribution in [2.45, 2.75) is 49.1 Å². The normalized spacial score (nSPS) is 28.3. The highest BCUT2D eigenvalue weighted by Crippen LogP contribution is 2.43. The zero-order chi connectivity index (χ0) is 19.3. The minimum Gasteiger partial charge on any atom is -0.381 e. The van der Waals surface area contributed by atoms with E-state index in [1.54, 1.807) is 0 Å². The zero-order valence-corrected chi connectivity index (χ0v) is 15.3. The first-order chi connectivity index (χ1) is 12.7. The minimum absolute atomic E-state index is 0.0629. The highest BCUT2D eigenvalue weighted by Gasteiger charge is 2.49. The van der Waals surface area contributed by atoms with Gasteiger partial charge < -0.3 is 8.92 Å². The van der Waals surface area contributed by atoms with E-state index in [0.717, 1.165) is 31.4 Å². The lowest BCUT2D eigenvalue weighted by atomic mass is 9.88. The van der Waals surface area contributed by atoms with E-state index in [4.69, 9.17) is 4.74 Å². The van der Waals surface area contributed by atoms with Crippen LogP contribution in [0.3, 0.4) is 0 Å². The van der Waals surface area contributed by atoms with Gasteiger partial charge in [-0.2, -0.15) is 21.6 Å². The molecule has 27 heavy (non-hydrogen) atoms. The molecule has 1 spiro atoms. The number of allylic oxidation sites excluding steroid dienone is 1. The average Bonchev–Trinajstić information content (AvgIpc) is 3.23. The van der Waals surface area contributed by atoms with Crippen LogP contribution in [0, 0.1) is 0 Å². The molecular formula is C18H20F3NO4S. The van der Waals surface area contributed by atoms with Gasteiger partial charge in [-0.25, -0.2) is 0 Å². The van der Waals surface area contributed by atoms with Gasteiger partial charge in [0.15, 0.2) is 0 Å². The quantitative estimate of drug-likeness (QED) is 0.619. The molecule has 1 saturated heterocycles. The molecule has 1 heterocycles. The number of fused-ring (bicyclic) bond motifs is 1. The summed E-state index contributed by atoms with van der Waals surface area (Å²) in [5, 5.41) is 3.44. The molecule has 1 aromatic rings. The topological polar surface area (TPSA) is 64.6 Å². The predicted octanol–water partition coefficient (Wildman–Crippen LogP) is 3.42. The number of hydrogen-bond donors (Lipinski definition) is 1. The Kier molecular flexibility index (Phi) is 4.51. The van der Waals surface area contributed by atoms with Gasteiger partial charge in [-0.05, 0) is 54.4 Å². The fraction of sp³-hybridized carbons (Fsp3) is 0.556. The van der Waals surface area contributed by atoms with Crippen molar-refractivity contribution in [2.75, 3.05) is 13.3 Å². The molecule has 1 N–H and O–H groups in total. The van der Waals surface area contributed by atoms with E-state index in [1.807, 2.05) is 12.1 Å². The molecule has 0 amide bonds. The average molecular weight is 403 g/mol. The van der Waals surface area contributed by atoms with Crippen molar-refractivity contribution in [3.05, 3.63) is 40.6 Å². The van der Waals surface area contributed by atoms with Crippen molar-refractivity contribution < 1.29 is 30.5 Å². The van der Waals surface area contributed by atoms with Gasteiger partial charge in [0, 0.05) is 12.0 Å². The molecule has 1 saturated carbocycles. The van der Waals surface area contributed by atoms with Gasteiger partial charge in [0.2, 0.25) is 0 Å². The highest BCUT2D eigenvalue weighted by atomic mass is 32.2. The lowest BCUT2D eigenvalue weighted by Gasteiger charge is -2.22. The Morgan fingerprint density at radius 1 is 1.26 bits per heavy atom. The Labute approximate surface area is 155 Å². The predicted molar refractivity (Wildman–Crippen MR) is 92.1 cm³/mol. The van der Waals surface area contributed by atoms with Crippen LogP contribution < -0.4 is 5.32 Å². The maximum atomic E-state index is 12.5. The number of rotatable bonds is 3. The van der Waals surface area contributed by atoms with E-state index in [-0.39, 0.29) is 17.7 Å². The molecule has 1 aromatic carbocycles. The second-order valence-electron chi connectivity index (χ2n) is 7.44. The summed E-state index contributed by atoms with van der Waals surface area (Å²) in [7, 11) is -5.62. The molecular weight excluding hydrogens is 383 g/mol. The van der Waals surface area contributed by atoms with Crippen LogP contribution in [0.15, 0.2) is 24.0 Å². The molecule has 0 radical (unpaired) electrons. The Morgan fingerprint density at radius 3 is 2.78 bits per heavy atom. The van der Waals surface area contributed by atoms with Crippen molar-refractivity contribution >= 4 is 16.2 Å². The smallest absolute Gasteiger partial charge is 0.381 e. The van der Waals surface area contributed by atoms with Crippen LogP contribution in [-0.2, 0) is 25.5 Å². The van der Waals surface area contributed by atoms with E-state index in [9.17, 15) is 21.6 Å². The third-order valence-electron chi connectivity index (χ3n) is 5.63. The Morgan fingerprint density at radius 2 is 2.07 bits per heavy atom. The second-order valence-corrected chi connectivity index (χ2v) is 8.98. The second kappa shape index (κ2) is 6.49. The fourth-order valence-corrected chi connectivity index (χ4v) is 4.71. The summed E-state index contributed by atoms with van der Waals surface area (Å²) < 4.78 is 69.6. The Bertz CT molecular complexity index is 873. The molecule has 2 aliphatic carbocycles. The van der Waals surface area contributed by atoms with Crippen molar-refractivity contribution in [1.82, 2.24) is 5.32 Å². The number of ether oxygens (including phenoxy) is 1. The van der Waals surface area contributed by atoms with Gasteiger partial charge in [0.25, 0.3) is 0 Å². The highest BCUT2D eigenvalue weighted by molar-refractivity contribution is 7.87.